The number of aromatic amines is 1. The fraction of sp³-hybridized carbons (Fsp3) is 0.375. The zero-order valence-corrected chi connectivity index (χ0v) is 19.1. The quantitative estimate of drug-likeness (QED) is 0.541. The average Bonchev–Trinajstić information content (AvgIpc) is 3.47. The third-order valence-corrected chi connectivity index (χ3v) is 5.97. The molecule has 34 heavy (non-hydrogen) atoms. The topological polar surface area (TPSA) is 104 Å². The summed E-state index contributed by atoms with van der Waals surface area (Å²) in [6.45, 7) is 4.90. The van der Waals surface area contributed by atoms with Crippen molar-refractivity contribution in [3.8, 4) is 11.4 Å². The number of nitrogens with zero attached hydrogens (tertiary/aromatic N) is 4. The maximum Gasteiger partial charge on any atom is 0.243 e. The first kappa shape index (κ1) is 23.5. The van der Waals surface area contributed by atoms with Gasteiger partial charge in [0.2, 0.25) is 17.8 Å². The first-order valence-corrected chi connectivity index (χ1v) is 11.1. The molecule has 2 N–H and O–H groups in total. The van der Waals surface area contributed by atoms with E-state index in [1.165, 1.54) is 18.2 Å². The number of H-pyrrole nitrogens is 1. The van der Waals surface area contributed by atoms with Crippen LogP contribution in [-0.2, 0) is 9.59 Å². The van der Waals surface area contributed by atoms with E-state index in [1.54, 1.807) is 30.3 Å². The average molecular weight is 469 g/mol. The number of halogens is 2. The van der Waals surface area contributed by atoms with Crippen LogP contribution in [0, 0.1) is 5.95 Å². The lowest BCUT2D eigenvalue weighted by atomic mass is 9.98. The standard InChI is InChI=1S/C24H26F2N6O2/c1-13(2)18-7-8-19(29-22(18)26)21(15-5-4-6-16(9-15)23-27-12-28-31-23)30-24(34)20-10-17(25)11-32(20)14(3)33/h4-9,12-13,17,20-21H,10-11H2,1-3H3,(H,30,34)(H,27,28,31)/t17-,20+,21?/m1/s1. The van der Waals surface area contributed by atoms with E-state index >= 15 is 0 Å². The SMILES string of the molecule is CC(=O)N1C[C@H](F)C[C@H]1C(=O)NC(c1cccc(-c2ncn[nH]2)c1)c1ccc(C(C)C)c(F)n1. The molecule has 1 aliphatic heterocycles. The van der Waals surface area contributed by atoms with E-state index in [1.807, 2.05) is 19.9 Å². The molecule has 2 amide bonds. The number of likely N-dealkylation sites (tertiary alicyclic amines) is 1. The van der Waals surface area contributed by atoms with Crippen LogP contribution < -0.4 is 5.32 Å². The molecule has 1 saturated heterocycles. The number of aromatic nitrogens is 4. The number of alkyl halides is 1. The van der Waals surface area contributed by atoms with E-state index < -0.39 is 30.1 Å². The predicted molar refractivity (Wildman–Crippen MR) is 121 cm³/mol. The number of amides is 2. The number of hydrogen-bond donors (Lipinski definition) is 2. The molecular weight excluding hydrogens is 442 g/mol. The Balaban J connectivity index is 1.72. The van der Waals surface area contributed by atoms with Gasteiger partial charge in [0.1, 0.15) is 18.5 Å². The number of rotatable bonds is 6. The Kier molecular flexibility index (Phi) is 6.67. The van der Waals surface area contributed by atoms with Crippen LogP contribution in [0.15, 0.2) is 42.7 Å². The third kappa shape index (κ3) is 4.80. The summed E-state index contributed by atoms with van der Waals surface area (Å²) in [4.78, 5) is 34.7. The van der Waals surface area contributed by atoms with E-state index in [4.69, 9.17) is 0 Å². The molecule has 1 aliphatic rings. The molecule has 1 aromatic carbocycles. The maximum atomic E-state index is 14.8. The van der Waals surface area contributed by atoms with Crippen molar-refractivity contribution in [2.24, 2.45) is 0 Å². The molecule has 3 heterocycles. The molecule has 3 aromatic rings. The van der Waals surface area contributed by atoms with Gasteiger partial charge in [0.05, 0.1) is 18.3 Å². The Bertz CT molecular complexity index is 1180. The Morgan fingerprint density at radius 2 is 2.03 bits per heavy atom. The number of carbonyl (C=O) groups excluding carboxylic acids is 2. The van der Waals surface area contributed by atoms with Crippen molar-refractivity contribution >= 4 is 11.8 Å². The van der Waals surface area contributed by atoms with Crippen LogP contribution in [0.3, 0.4) is 0 Å². The summed E-state index contributed by atoms with van der Waals surface area (Å²) in [7, 11) is 0. The molecular formula is C24H26F2N6O2. The zero-order chi connectivity index (χ0) is 24.4. The Morgan fingerprint density at radius 3 is 2.68 bits per heavy atom. The smallest absolute Gasteiger partial charge is 0.243 e. The Hall–Kier alpha value is -3.69. The predicted octanol–water partition coefficient (Wildman–Crippen LogP) is 3.29. The molecule has 0 aliphatic carbocycles. The van der Waals surface area contributed by atoms with Crippen LogP contribution in [0.1, 0.15) is 56.0 Å². The molecule has 0 bridgehead atoms. The van der Waals surface area contributed by atoms with Gasteiger partial charge in [-0.1, -0.05) is 38.1 Å². The minimum Gasteiger partial charge on any atom is -0.342 e. The molecule has 2 aromatic heterocycles. The maximum absolute atomic E-state index is 14.8. The van der Waals surface area contributed by atoms with Crippen LogP contribution in [-0.4, -0.2) is 55.6 Å². The van der Waals surface area contributed by atoms with Gasteiger partial charge in [-0.25, -0.2) is 14.4 Å². The van der Waals surface area contributed by atoms with Crippen LogP contribution >= 0.6 is 0 Å². The lowest BCUT2D eigenvalue weighted by Gasteiger charge is -2.26. The number of benzene rings is 1. The largest absolute Gasteiger partial charge is 0.342 e. The summed E-state index contributed by atoms with van der Waals surface area (Å²) in [5.74, 6) is -1.06. The number of hydrogen-bond acceptors (Lipinski definition) is 5. The fourth-order valence-corrected chi connectivity index (χ4v) is 4.21. The molecule has 4 rings (SSSR count). The summed E-state index contributed by atoms with van der Waals surface area (Å²) in [6.07, 6.45) is 0.00512. The molecule has 8 nitrogen and oxygen atoms in total. The summed E-state index contributed by atoms with van der Waals surface area (Å²) in [6, 6.07) is 8.69. The minimum absolute atomic E-state index is 0.0616. The molecule has 1 fully saturated rings. The van der Waals surface area contributed by atoms with Crippen LogP contribution in [0.4, 0.5) is 8.78 Å². The first-order chi connectivity index (χ1) is 16.2. The molecule has 1 unspecified atom stereocenters. The number of nitrogens with one attached hydrogen (secondary N) is 2. The lowest BCUT2D eigenvalue weighted by Crippen LogP contribution is -2.46. The van der Waals surface area contributed by atoms with E-state index in [-0.39, 0.29) is 30.5 Å². The molecule has 0 spiro atoms. The van der Waals surface area contributed by atoms with Crippen LogP contribution in [0.25, 0.3) is 11.4 Å². The Morgan fingerprint density at radius 1 is 1.24 bits per heavy atom. The second-order valence-corrected chi connectivity index (χ2v) is 8.69. The second-order valence-electron chi connectivity index (χ2n) is 8.69. The highest BCUT2D eigenvalue weighted by atomic mass is 19.1. The van der Waals surface area contributed by atoms with E-state index in [9.17, 15) is 18.4 Å². The van der Waals surface area contributed by atoms with Crippen molar-refractivity contribution in [2.75, 3.05) is 6.54 Å². The van der Waals surface area contributed by atoms with Gasteiger partial charge in [0.25, 0.3) is 0 Å². The van der Waals surface area contributed by atoms with Gasteiger partial charge in [-0.2, -0.15) is 9.49 Å². The van der Waals surface area contributed by atoms with Crippen LogP contribution in [0.2, 0.25) is 0 Å². The number of pyridine rings is 1. The fourth-order valence-electron chi connectivity index (χ4n) is 4.21. The number of carbonyl (C=O) groups is 2. The monoisotopic (exact) mass is 468 g/mol. The summed E-state index contributed by atoms with van der Waals surface area (Å²) in [5, 5.41) is 9.52. The zero-order valence-electron chi connectivity index (χ0n) is 19.1. The highest BCUT2D eigenvalue weighted by molar-refractivity contribution is 5.88. The summed E-state index contributed by atoms with van der Waals surface area (Å²) >= 11 is 0. The van der Waals surface area contributed by atoms with Crippen molar-refractivity contribution < 1.29 is 18.4 Å². The minimum atomic E-state index is -1.28. The van der Waals surface area contributed by atoms with Crippen molar-refractivity contribution in [3.05, 3.63) is 65.5 Å². The van der Waals surface area contributed by atoms with Gasteiger partial charge < -0.3 is 10.2 Å². The molecule has 0 radical (unpaired) electrons. The normalized spacial score (nSPS) is 18.8. The molecule has 3 atom stereocenters. The molecule has 0 saturated carbocycles. The van der Waals surface area contributed by atoms with Crippen molar-refractivity contribution in [1.82, 2.24) is 30.4 Å². The van der Waals surface area contributed by atoms with Gasteiger partial charge in [-0.3, -0.25) is 14.7 Å². The van der Waals surface area contributed by atoms with Crippen molar-refractivity contribution in [2.45, 2.75) is 51.4 Å². The van der Waals surface area contributed by atoms with Gasteiger partial charge >= 0.3 is 0 Å². The Labute approximate surface area is 195 Å². The highest BCUT2D eigenvalue weighted by Crippen LogP contribution is 2.28. The van der Waals surface area contributed by atoms with Crippen molar-refractivity contribution in [1.29, 1.82) is 0 Å². The van der Waals surface area contributed by atoms with E-state index in [2.05, 4.69) is 25.5 Å². The molecule has 178 valence electrons. The second kappa shape index (κ2) is 9.66. The van der Waals surface area contributed by atoms with Gasteiger partial charge in [-0.05, 0) is 23.6 Å². The van der Waals surface area contributed by atoms with Crippen LogP contribution in [0.5, 0.6) is 0 Å². The third-order valence-electron chi connectivity index (χ3n) is 5.97. The van der Waals surface area contributed by atoms with Gasteiger partial charge in [0, 0.05) is 24.5 Å². The van der Waals surface area contributed by atoms with Crippen molar-refractivity contribution in [3.63, 3.8) is 0 Å². The van der Waals surface area contributed by atoms with Gasteiger partial charge in [-0.15, -0.1) is 0 Å². The molecule has 10 heteroatoms. The highest BCUT2D eigenvalue weighted by Gasteiger charge is 2.39. The van der Waals surface area contributed by atoms with Gasteiger partial charge in [0.15, 0.2) is 5.82 Å². The lowest BCUT2D eigenvalue weighted by molar-refractivity contribution is -0.137. The summed E-state index contributed by atoms with van der Waals surface area (Å²) in [5.41, 5.74) is 2.08. The van der Waals surface area contributed by atoms with E-state index in [0.717, 1.165) is 0 Å². The first-order valence-electron chi connectivity index (χ1n) is 11.1. The van der Waals surface area contributed by atoms with E-state index in [0.29, 0.717) is 22.5 Å². The summed E-state index contributed by atoms with van der Waals surface area (Å²) < 4.78 is 28.8.